The number of alkyl halides is 3. The number of aliphatic hydroxyl groups is 1. The molecule has 0 radical (unpaired) electrons. The number of carbonyl (C=O) groups is 1. The summed E-state index contributed by atoms with van der Waals surface area (Å²) in [5.41, 5.74) is 0. The van der Waals surface area contributed by atoms with Gasteiger partial charge >= 0.3 is 12.1 Å². The van der Waals surface area contributed by atoms with Gasteiger partial charge in [0.2, 0.25) is 0 Å². The molecule has 4 nitrogen and oxygen atoms in total. The SMILES string of the molecule is O=C(NCCOCCO)C(F)(F)F. The average Bonchev–Trinajstić information content (AvgIpc) is 2.02. The number of aliphatic hydroxyl groups excluding tert-OH is 1. The van der Waals surface area contributed by atoms with Crippen molar-refractivity contribution < 1.29 is 27.8 Å². The van der Waals surface area contributed by atoms with Crippen LogP contribution in [-0.4, -0.2) is 43.6 Å². The van der Waals surface area contributed by atoms with Crippen LogP contribution in [0.2, 0.25) is 0 Å². The van der Waals surface area contributed by atoms with Gasteiger partial charge < -0.3 is 15.2 Å². The van der Waals surface area contributed by atoms with Gasteiger partial charge in [0, 0.05) is 6.54 Å². The maximum absolute atomic E-state index is 11.5. The summed E-state index contributed by atoms with van der Waals surface area (Å²) in [4.78, 5) is 10.2. The molecule has 0 aromatic heterocycles. The monoisotopic (exact) mass is 201 g/mol. The summed E-state index contributed by atoms with van der Waals surface area (Å²) in [7, 11) is 0. The largest absolute Gasteiger partial charge is 0.471 e. The lowest BCUT2D eigenvalue weighted by molar-refractivity contribution is -0.173. The van der Waals surface area contributed by atoms with Crippen molar-refractivity contribution in [3.8, 4) is 0 Å². The molecular formula is C6H10F3NO3. The number of hydrogen-bond donors (Lipinski definition) is 2. The van der Waals surface area contributed by atoms with Gasteiger partial charge in [0.25, 0.3) is 0 Å². The number of ether oxygens (including phenoxy) is 1. The van der Waals surface area contributed by atoms with E-state index in [1.54, 1.807) is 5.32 Å². The molecule has 78 valence electrons. The summed E-state index contributed by atoms with van der Waals surface area (Å²) in [5.74, 6) is -1.99. The van der Waals surface area contributed by atoms with E-state index < -0.39 is 12.1 Å². The van der Waals surface area contributed by atoms with E-state index in [1.165, 1.54) is 0 Å². The Morgan fingerprint density at radius 1 is 1.38 bits per heavy atom. The minimum absolute atomic E-state index is 0.0435. The second-order valence-electron chi connectivity index (χ2n) is 2.09. The molecule has 0 unspecified atom stereocenters. The first-order valence-corrected chi connectivity index (χ1v) is 3.52. The molecule has 0 bridgehead atoms. The van der Waals surface area contributed by atoms with Gasteiger partial charge in [0.15, 0.2) is 0 Å². The molecule has 7 heteroatoms. The molecule has 0 aliphatic rings. The third kappa shape index (κ3) is 6.35. The first kappa shape index (κ1) is 12.2. The van der Waals surface area contributed by atoms with Crippen LogP contribution in [-0.2, 0) is 9.53 Å². The van der Waals surface area contributed by atoms with Crippen LogP contribution in [0, 0.1) is 0 Å². The van der Waals surface area contributed by atoms with Crippen LogP contribution in [0.4, 0.5) is 13.2 Å². The summed E-state index contributed by atoms with van der Waals surface area (Å²) in [6.07, 6.45) is -4.85. The van der Waals surface area contributed by atoms with Crippen LogP contribution in [0.25, 0.3) is 0 Å². The molecule has 0 fully saturated rings. The number of amides is 1. The zero-order valence-electron chi connectivity index (χ0n) is 6.73. The molecule has 0 aliphatic heterocycles. The smallest absolute Gasteiger partial charge is 0.394 e. The minimum atomic E-state index is -4.85. The molecule has 0 spiro atoms. The zero-order chi connectivity index (χ0) is 10.3. The standard InChI is InChI=1S/C6H10F3NO3/c7-6(8,9)5(12)10-1-3-13-4-2-11/h11H,1-4H2,(H,10,12). The summed E-state index contributed by atoms with van der Waals surface area (Å²) in [6.45, 7) is -0.435. The van der Waals surface area contributed by atoms with E-state index >= 15 is 0 Å². The van der Waals surface area contributed by atoms with Crippen molar-refractivity contribution in [3.05, 3.63) is 0 Å². The van der Waals surface area contributed by atoms with Crippen molar-refractivity contribution >= 4 is 5.91 Å². The second-order valence-corrected chi connectivity index (χ2v) is 2.09. The van der Waals surface area contributed by atoms with E-state index in [9.17, 15) is 18.0 Å². The molecule has 0 aromatic rings. The van der Waals surface area contributed by atoms with E-state index in [0.717, 1.165) is 0 Å². The maximum atomic E-state index is 11.5. The van der Waals surface area contributed by atoms with Gasteiger partial charge in [-0.25, -0.2) is 0 Å². The number of carbonyl (C=O) groups excluding carboxylic acids is 1. The Balaban J connectivity index is 3.38. The first-order valence-electron chi connectivity index (χ1n) is 3.52. The Kier molecular flexibility index (Phi) is 5.40. The Labute approximate surface area is 72.7 Å². The molecule has 2 N–H and O–H groups in total. The van der Waals surface area contributed by atoms with E-state index in [-0.39, 0.29) is 26.4 Å². The summed E-state index contributed by atoms with van der Waals surface area (Å²) in [5, 5.41) is 9.82. The highest BCUT2D eigenvalue weighted by atomic mass is 19.4. The van der Waals surface area contributed by atoms with Crippen molar-refractivity contribution in [2.45, 2.75) is 6.18 Å². The van der Waals surface area contributed by atoms with Crippen molar-refractivity contribution in [3.63, 3.8) is 0 Å². The molecule has 0 aliphatic carbocycles. The quantitative estimate of drug-likeness (QED) is 0.599. The second kappa shape index (κ2) is 5.76. The first-order chi connectivity index (χ1) is 5.98. The van der Waals surface area contributed by atoms with Crippen LogP contribution >= 0.6 is 0 Å². The van der Waals surface area contributed by atoms with Crippen LogP contribution in [0.3, 0.4) is 0 Å². The van der Waals surface area contributed by atoms with Gasteiger partial charge in [-0.15, -0.1) is 0 Å². The summed E-state index contributed by atoms with van der Waals surface area (Å²) >= 11 is 0. The lowest BCUT2D eigenvalue weighted by Gasteiger charge is -2.07. The predicted octanol–water partition coefficient (Wildman–Crippen LogP) is -0.326. The molecule has 0 saturated carbocycles. The molecule has 0 saturated heterocycles. The fourth-order valence-corrected chi connectivity index (χ4v) is 0.504. The lowest BCUT2D eigenvalue weighted by Crippen LogP contribution is -2.38. The topological polar surface area (TPSA) is 58.6 Å². The molecule has 0 atom stereocenters. The van der Waals surface area contributed by atoms with Crippen LogP contribution in [0.15, 0.2) is 0 Å². The third-order valence-electron chi connectivity index (χ3n) is 1.03. The number of nitrogens with one attached hydrogen (secondary N) is 1. The highest BCUT2D eigenvalue weighted by Crippen LogP contribution is 2.13. The average molecular weight is 201 g/mol. The lowest BCUT2D eigenvalue weighted by atomic mass is 10.5. The van der Waals surface area contributed by atoms with Gasteiger partial charge in [0.05, 0.1) is 19.8 Å². The van der Waals surface area contributed by atoms with E-state index in [4.69, 9.17) is 5.11 Å². The normalized spacial score (nSPS) is 11.4. The van der Waals surface area contributed by atoms with Crippen molar-refractivity contribution in [2.24, 2.45) is 0 Å². The Bertz CT molecular complexity index is 160. The van der Waals surface area contributed by atoms with Gasteiger partial charge in [-0.2, -0.15) is 13.2 Å². The van der Waals surface area contributed by atoms with Crippen LogP contribution < -0.4 is 5.32 Å². The predicted molar refractivity (Wildman–Crippen MR) is 37.0 cm³/mol. The third-order valence-corrected chi connectivity index (χ3v) is 1.03. The van der Waals surface area contributed by atoms with Crippen molar-refractivity contribution in [2.75, 3.05) is 26.4 Å². The number of rotatable bonds is 5. The molecule has 13 heavy (non-hydrogen) atoms. The van der Waals surface area contributed by atoms with Gasteiger partial charge in [-0.1, -0.05) is 0 Å². The number of halogens is 3. The molecule has 1 amide bonds. The highest BCUT2D eigenvalue weighted by Gasteiger charge is 2.38. The molecule has 0 aromatic carbocycles. The minimum Gasteiger partial charge on any atom is -0.394 e. The zero-order valence-corrected chi connectivity index (χ0v) is 6.73. The van der Waals surface area contributed by atoms with Crippen LogP contribution in [0.5, 0.6) is 0 Å². The van der Waals surface area contributed by atoms with Crippen LogP contribution in [0.1, 0.15) is 0 Å². The summed E-state index contributed by atoms with van der Waals surface area (Å²) < 4.78 is 39.2. The van der Waals surface area contributed by atoms with E-state index in [2.05, 4.69) is 4.74 Å². The molecule has 0 rings (SSSR count). The Morgan fingerprint density at radius 3 is 2.46 bits per heavy atom. The van der Waals surface area contributed by atoms with Gasteiger partial charge in [0.1, 0.15) is 0 Å². The molecular weight excluding hydrogens is 191 g/mol. The Hall–Kier alpha value is -0.820. The van der Waals surface area contributed by atoms with E-state index in [1.807, 2.05) is 0 Å². The fraction of sp³-hybridized carbons (Fsp3) is 0.833. The molecule has 0 heterocycles. The summed E-state index contributed by atoms with van der Waals surface area (Å²) in [6, 6.07) is 0. The van der Waals surface area contributed by atoms with Crippen molar-refractivity contribution in [1.82, 2.24) is 5.32 Å². The Morgan fingerprint density at radius 2 is 2.00 bits per heavy atom. The maximum Gasteiger partial charge on any atom is 0.471 e. The fourth-order valence-electron chi connectivity index (χ4n) is 0.504. The van der Waals surface area contributed by atoms with Gasteiger partial charge in [-0.05, 0) is 0 Å². The number of hydrogen-bond acceptors (Lipinski definition) is 3. The van der Waals surface area contributed by atoms with Gasteiger partial charge in [-0.3, -0.25) is 4.79 Å². The highest BCUT2D eigenvalue weighted by molar-refractivity contribution is 5.81. The van der Waals surface area contributed by atoms with Crippen molar-refractivity contribution in [1.29, 1.82) is 0 Å². The van der Waals surface area contributed by atoms with E-state index in [0.29, 0.717) is 0 Å².